The molecule has 1 aliphatic carbocycles. The minimum Gasteiger partial charge on any atom is -0.368 e. The van der Waals surface area contributed by atoms with Crippen LogP contribution in [-0.2, 0) is 6.42 Å². The Morgan fingerprint density at radius 2 is 1.96 bits per heavy atom. The van der Waals surface area contributed by atoms with E-state index in [4.69, 9.17) is 5.73 Å². The van der Waals surface area contributed by atoms with Crippen LogP contribution in [0.2, 0.25) is 0 Å². The lowest BCUT2D eigenvalue weighted by molar-refractivity contribution is 0.265. The number of aryl methyl sites for hydroxylation is 1. The fourth-order valence-corrected chi connectivity index (χ4v) is 3.25. The molecule has 27 heavy (non-hydrogen) atoms. The van der Waals surface area contributed by atoms with E-state index in [1.54, 1.807) is 13.0 Å². The first kappa shape index (κ1) is 19.4. The smallest absolute Gasteiger partial charge is 0.228 e. The number of nitrogen functional groups attached to an aromatic ring is 1. The number of benzene rings is 1. The van der Waals surface area contributed by atoms with Crippen molar-refractivity contribution in [3.63, 3.8) is 0 Å². The Morgan fingerprint density at radius 3 is 2.59 bits per heavy atom. The molecule has 3 rings (SSSR count). The number of alkyl halides is 1. The number of hydrogen-bond acceptors (Lipinski definition) is 5. The molecular weight excluding hydrogens is 355 g/mol. The molecule has 1 unspecified atom stereocenters. The zero-order valence-corrected chi connectivity index (χ0v) is 15.3. The van der Waals surface area contributed by atoms with Gasteiger partial charge in [-0.15, -0.1) is 0 Å². The maximum absolute atomic E-state index is 13.9. The van der Waals surface area contributed by atoms with Gasteiger partial charge in [0.2, 0.25) is 11.9 Å². The summed E-state index contributed by atoms with van der Waals surface area (Å²) in [5.41, 5.74) is 6.43. The molecular formula is C19H24F3N5. The van der Waals surface area contributed by atoms with Crippen molar-refractivity contribution < 1.29 is 13.2 Å². The number of anilines is 2. The van der Waals surface area contributed by atoms with Gasteiger partial charge >= 0.3 is 0 Å². The molecule has 146 valence electrons. The molecule has 0 bridgehead atoms. The van der Waals surface area contributed by atoms with E-state index in [-0.39, 0.29) is 30.2 Å². The zero-order chi connectivity index (χ0) is 19.4. The second-order valence-corrected chi connectivity index (χ2v) is 6.98. The first-order valence-electron chi connectivity index (χ1n) is 9.32. The van der Waals surface area contributed by atoms with E-state index in [1.165, 1.54) is 6.07 Å². The summed E-state index contributed by atoms with van der Waals surface area (Å²) >= 11 is 0. The van der Waals surface area contributed by atoms with Crippen molar-refractivity contribution in [3.05, 3.63) is 41.2 Å². The molecule has 2 aromatic rings. The standard InChI is InChI=1S/C19H24F3N5/c1-2-13(20)17-25-18(23)27-19(26-17)24-16(12-4-3-5-12)9-7-11-6-8-14(21)15(22)10-11/h6,8,10,12-13,16H,2-5,7,9H2,1H3,(H3,23,24,25,26,27)/t13?,16-/m0/s1. The summed E-state index contributed by atoms with van der Waals surface area (Å²) < 4.78 is 40.4. The van der Waals surface area contributed by atoms with E-state index >= 15 is 0 Å². The summed E-state index contributed by atoms with van der Waals surface area (Å²) in [5, 5.41) is 3.26. The second kappa shape index (κ2) is 8.54. The van der Waals surface area contributed by atoms with Crippen LogP contribution in [-0.4, -0.2) is 21.0 Å². The molecule has 0 radical (unpaired) electrons. The first-order valence-corrected chi connectivity index (χ1v) is 9.32. The SMILES string of the molecule is CCC(F)c1nc(N)nc(N[C@@H](CCc2ccc(F)c(F)c2)C2CCC2)n1. The Balaban J connectivity index is 1.71. The molecule has 2 atom stereocenters. The molecule has 8 heteroatoms. The van der Waals surface area contributed by atoms with E-state index in [2.05, 4.69) is 20.3 Å². The van der Waals surface area contributed by atoms with Gasteiger partial charge in [0.15, 0.2) is 23.6 Å². The highest BCUT2D eigenvalue weighted by atomic mass is 19.2. The zero-order valence-electron chi connectivity index (χ0n) is 15.3. The van der Waals surface area contributed by atoms with E-state index in [0.717, 1.165) is 30.9 Å². The molecule has 1 fully saturated rings. The molecule has 0 aliphatic heterocycles. The minimum absolute atomic E-state index is 0.0217. The molecule has 1 heterocycles. The largest absolute Gasteiger partial charge is 0.368 e. The highest BCUT2D eigenvalue weighted by molar-refractivity contribution is 5.33. The third kappa shape index (κ3) is 4.87. The van der Waals surface area contributed by atoms with E-state index < -0.39 is 17.8 Å². The summed E-state index contributed by atoms with van der Waals surface area (Å²) in [7, 11) is 0. The van der Waals surface area contributed by atoms with Gasteiger partial charge in [-0.25, -0.2) is 13.2 Å². The predicted octanol–water partition coefficient (Wildman–Crippen LogP) is 4.37. The van der Waals surface area contributed by atoms with Crippen LogP contribution in [0.5, 0.6) is 0 Å². The molecule has 3 N–H and O–H groups in total. The average Bonchev–Trinajstić information content (AvgIpc) is 2.59. The van der Waals surface area contributed by atoms with E-state index in [1.807, 2.05) is 0 Å². The van der Waals surface area contributed by atoms with Crippen LogP contribution in [0.25, 0.3) is 0 Å². The van der Waals surface area contributed by atoms with Crippen molar-refractivity contribution in [2.24, 2.45) is 5.92 Å². The highest BCUT2D eigenvalue weighted by Crippen LogP contribution is 2.33. The quantitative estimate of drug-likeness (QED) is 0.712. The summed E-state index contributed by atoms with van der Waals surface area (Å²) in [5.74, 6) is -0.992. The molecule has 0 spiro atoms. The topological polar surface area (TPSA) is 76.7 Å². The molecule has 1 saturated carbocycles. The number of halogens is 3. The van der Waals surface area contributed by atoms with E-state index in [9.17, 15) is 13.2 Å². The average molecular weight is 379 g/mol. The normalized spacial score (nSPS) is 16.6. The lowest BCUT2D eigenvalue weighted by atomic mass is 9.78. The van der Waals surface area contributed by atoms with Gasteiger partial charge in [-0.1, -0.05) is 19.4 Å². The maximum atomic E-state index is 13.9. The number of rotatable bonds is 8. The monoisotopic (exact) mass is 379 g/mol. The van der Waals surface area contributed by atoms with Crippen LogP contribution in [0.3, 0.4) is 0 Å². The number of nitrogens with two attached hydrogens (primary N) is 1. The van der Waals surface area contributed by atoms with Gasteiger partial charge in [0.1, 0.15) is 0 Å². The van der Waals surface area contributed by atoms with Crippen LogP contribution in [0.1, 0.15) is 56.6 Å². The second-order valence-electron chi connectivity index (χ2n) is 6.98. The number of nitrogens with one attached hydrogen (secondary N) is 1. The Labute approximate surface area is 156 Å². The van der Waals surface area contributed by atoms with Crippen molar-refractivity contribution in [2.75, 3.05) is 11.1 Å². The van der Waals surface area contributed by atoms with Gasteiger partial charge in [0.05, 0.1) is 0 Å². The Kier molecular flexibility index (Phi) is 6.13. The third-order valence-corrected chi connectivity index (χ3v) is 5.07. The van der Waals surface area contributed by atoms with Crippen molar-refractivity contribution in [3.8, 4) is 0 Å². The van der Waals surface area contributed by atoms with Crippen molar-refractivity contribution in [1.82, 2.24) is 15.0 Å². The van der Waals surface area contributed by atoms with Crippen LogP contribution in [0.4, 0.5) is 25.1 Å². The Hall–Kier alpha value is -2.38. The summed E-state index contributed by atoms with van der Waals surface area (Å²) in [6.45, 7) is 1.71. The first-order chi connectivity index (χ1) is 13.0. The highest BCUT2D eigenvalue weighted by Gasteiger charge is 2.28. The fraction of sp³-hybridized carbons (Fsp3) is 0.526. The number of aromatic nitrogens is 3. The summed E-state index contributed by atoms with van der Waals surface area (Å²) in [6.07, 6.45) is 3.54. The lowest BCUT2D eigenvalue weighted by Gasteiger charge is -2.34. The number of nitrogens with zero attached hydrogens (tertiary/aromatic N) is 3. The Morgan fingerprint density at radius 1 is 1.19 bits per heavy atom. The van der Waals surface area contributed by atoms with E-state index in [0.29, 0.717) is 18.8 Å². The summed E-state index contributed by atoms with van der Waals surface area (Å²) in [4.78, 5) is 12.1. The van der Waals surface area contributed by atoms with Gasteiger partial charge in [-0.3, -0.25) is 0 Å². The van der Waals surface area contributed by atoms with Gasteiger partial charge in [0.25, 0.3) is 0 Å². The van der Waals surface area contributed by atoms with Crippen LogP contribution in [0, 0.1) is 17.6 Å². The van der Waals surface area contributed by atoms with Crippen molar-refractivity contribution in [2.45, 2.75) is 57.7 Å². The van der Waals surface area contributed by atoms with Gasteiger partial charge in [0, 0.05) is 6.04 Å². The van der Waals surface area contributed by atoms with Gasteiger partial charge < -0.3 is 11.1 Å². The summed E-state index contributed by atoms with van der Waals surface area (Å²) in [6, 6.07) is 3.99. The Bertz CT molecular complexity index is 782. The van der Waals surface area contributed by atoms with Crippen LogP contribution >= 0.6 is 0 Å². The molecule has 1 aromatic carbocycles. The molecule has 1 aliphatic rings. The van der Waals surface area contributed by atoms with Gasteiger partial charge in [-0.2, -0.15) is 15.0 Å². The minimum atomic E-state index is -1.29. The van der Waals surface area contributed by atoms with Crippen LogP contribution < -0.4 is 11.1 Å². The van der Waals surface area contributed by atoms with Gasteiger partial charge in [-0.05, 0) is 55.7 Å². The molecule has 0 amide bonds. The lowest BCUT2D eigenvalue weighted by Crippen LogP contribution is -2.35. The van der Waals surface area contributed by atoms with Crippen molar-refractivity contribution >= 4 is 11.9 Å². The van der Waals surface area contributed by atoms with Crippen LogP contribution in [0.15, 0.2) is 18.2 Å². The molecule has 0 saturated heterocycles. The number of hydrogen-bond donors (Lipinski definition) is 2. The fourth-order valence-electron chi connectivity index (χ4n) is 3.25. The molecule has 1 aromatic heterocycles. The predicted molar refractivity (Wildman–Crippen MR) is 97.8 cm³/mol. The molecule has 5 nitrogen and oxygen atoms in total. The third-order valence-electron chi connectivity index (χ3n) is 5.07. The maximum Gasteiger partial charge on any atom is 0.228 e. The van der Waals surface area contributed by atoms with Crippen molar-refractivity contribution in [1.29, 1.82) is 0 Å².